The molecule has 0 amide bonds. The van der Waals surface area contributed by atoms with Crippen molar-refractivity contribution in [2.45, 2.75) is 45.4 Å². The van der Waals surface area contributed by atoms with E-state index in [2.05, 4.69) is 32.9 Å². The summed E-state index contributed by atoms with van der Waals surface area (Å²) in [4.78, 5) is -0.364. The number of alkyl halides is 1. The Balaban J connectivity index is 3.23. The molecule has 2 unspecified atom stereocenters. The molecule has 0 aromatic carbocycles. The zero-order valence-corrected chi connectivity index (χ0v) is 10.8. The van der Waals surface area contributed by atoms with Gasteiger partial charge in [-0.2, -0.15) is 0 Å². The molecular weight excluding hydrogens is 215 g/mol. The Morgan fingerprint density at radius 1 is 1.29 bits per heavy atom. The van der Waals surface area contributed by atoms with Gasteiger partial charge in [-0.15, -0.1) is 11.6 Å². The number of halogens is 2. The minimum absolute atomic E-state index is 0.129. The highest BCUT2D eigenvalue weighted by atomic mass is 35.5. The minimum atomic E-state index is -0.364. The Hall–Kier alpha value is 0.0600. The maximum absolute atomic E-state index is 6.49. The van der Waals surface area contributed by atoms with E-state index in [9.17, 15) is 0 Å². The molecule has 2 heteroatoms. The van der Waals surface area contributed by atoms with Crippen LogP contribution in [0.15, 0.2) is 22.8 Å². The van der Waals surface area contributed by atoms with Crippen molar-refractivity contribution in [2.75, 3.05) is 0 Å². The van der Waals surface area contributed by atoms with E-state index in [-0.39, 0.29) is 10.3 Å². The van der Waals surface area contributed by atoms with E-state index in [1.807, 2.05) is 6.92 Å². The second kappa shape index (κ2) is 3.90. The number of hydrogen-bond acceptors (Lipinski definition) is 0. The van der Waals surface area contributed by atoms with Crippen molar-refractivity contribution in [3.63, 3.8) is 0 Å². The van der Waals surface area contributed by atoms with Crippen molar-refractivity contribution in [1.82, 2.24) is 0 Å². The fourth-order valence-electron chi connectivity index (χ4n) is 1.86. The molecule has 1 rings (SSSR count). The molecule has 0 aliphatic heterocycles. The van der Waals surface area contributed by atoms with Gasteiger partial charge in [-0.3, -0.25) is 0 Å². The summed E-state index contributed by atoms with van der Waals surface area (Å²) in [5, 5.41) is 0.933. The predicted octanol–water partition coefficient (Wildman–Crippen LogP) is 4.87. The molecule has 2 atom stereocenters. The summed E-state index contributed by atoms with van der Waals surface area (Å²) in [7, 11) is 0. The first-order valence-electron chi connectivity index (χ1n) is 5.16. The summed E-state index contributed by atoms with van der Waals surface area (Å²) in [6.07, 6.45) is 6.06. The number of rotatable bonds is 2. The molecule has 0 fully saturated rings. The lowest BCUT2D eigenvalue weighted by atomic mass is 9.70. The van der Waals surface area contributed by atoms with Crippen LogP contribution in [0, 0.1) is 5.41 Å². The molecule has 1 aliphatic carbocycles. The molecule has 0 saturated carbocycles. The van der Waals surface area contributed by atoms with Crippen molar-refractivity contribution in [1.29, 1.82) is 0 Å². The van der Waals surface area contributed by atoms with Crippen molar-refractivity contribution < 1.29 is 0 Å². The van der Waals surface area contributed by atoms with E-state index >= 15 is 0 Å². The molecule has 0 saturated heterocycles. The summed E-state index contributed by atoms with van der Waals surface area (Å²) >= 11 is 12.9. The summed E-state index contributed by atoms with van der Waals surface area (Å²) in [5.74, 6) is 0. The lowest BCUT2D eigenvalue weighted by Gasteiger charge is -2.43. The first-order chi connectivity index (χ1) is 6.39. The second-order valence-corrected chi connectivity index (χ2v) is 5.45. The third-order valence-corrected chi connectivity index (χ3v) is 4.73. The molecule has 0 radical (unpaired) electrons. The van der Waals surface area contributed by atoms with E-state index in [1.165, 1.54) is 5.57 Å². The molecule has 0 heterocycles. The topological polar surface area (TPSA) is 0 Å². The van der Waals surface area contributed by atoms with Gasteiger partial charge >= 0.3 is 0 Å². The van der Waals surface area contributed by atoms with E-state index in [0.717, 1.165) is 17.9 Å². The smallest absolute Gasteiger partial charge is 0.0703 e. The summed E-state index contributed by atoms with van der Waals surface area (Å²) < 4.78 is 0. The van der Waals surface area contributed by atoms with Crippen LogP contribution in [0.2, 0.25) is 0 Å². The zero-order chi connectivity index (χ0) is 11.0. The summed E-state index contributed by atoms with van der Waals surface area (Å²) in [6.45, 7) is 8.43. The number of allylic oxidation sites excluding steroid dienone is 4. The third-order valence-electron chi connectivity index (χ3n) is 3.53. The first-order valence-corrected chi connectivity index (χ1v) is 5.92. The predicted molar refractivity (Wildman–Crippen MR) is 65.0 cm³/mol. The zero-order valence-electron chi connectivity index (χ0n) is 9.32. The van der Waals surface area contributed by atoms with Gasteiger partial charge in [0.1, 0.15) is 0 Å². The van der Waals surface area contributed by atoms with E-state index in [4.69, 9.17) is 23.2 Å². The van der Waals surface area contributed by atoms with Crippen molar-refractivity contribution in [3.8, 4) is 0 Å². The molecule has 0 nitrogen and oxygen atoms in total. The lowest BCUT2D eigenvalue weighted by molar-refractivity contribution is 0.326. The van der Waals surface area contributed by atoms with Gasteiger partial charge in [0, 0.05) is 10.4 Å². The van der Waals surface area contributed by atoms with Crippen molar-refractivity contribution in [2.24, 2.45) is 5.41 Å². The minimum Gasteiger partial charge on any atom is -0.114 e. The van der Waals surface area contributed by atoms with Gasteiger partial charge in [-0.1, -0.05) is 44.5 Å². The maximum atomic E-state index is 6.49. The van der Waals surface area contributed by atoms with Gasteiger partial charge in [0.15, 0.2) is 0 Å². The Bertz CT molecular complexity index is 287. The third kappa shape index (κ3) is 1.63. The largest absolute Gasteiger partial charge is 0.114 e. The normalized spacial score (nSPS) is 37.9. The van der Waals surface area contributed by atoms with Crippen LogP contribution in [-0.2, 0) is 0 Å². The standard InChI is InChI=1S/C12H18Cl2/c1-5-9-7-8-12(4,14)11(3,6-2)10(9)13/h7-8H,5-6H2,1-4H3. The Morgan fingerprint density at radius 3 is 2.29 bits per heavy atom. The van der Waals surface area contributed by atoms with E-state index in [1.54, 1.807) is 0 Å². The molecular formula is C12H18Cl2. The van der Waals surface area contributed by atoms with Crippen LogP contribution in [-0.4, -0.2) is 4.87 Å². The molecule has 14 heavy (non-hydrogen) atoms. The van der Waals surface area contributed by atoms with Gasteiger partial charge in [0.25, 0.3) is 0 Å². The highest BCUT2D eigenvalue weighted by Gasteiger charge is 2.45. The Labute approximate surface area is 97.0 Å². The average Bonchev–Trinajstić information content (AvgIpc) is 2.15. The molecule has 0 aromatic rings. The highest BCUT2D eigenvalue weighted by Crippen LogP contribution is 2.52. The Morgan fingerprint density at radius 2 is 1.86 bits per heavy atom. The monoisotopic (exact) mass is 232 g/mol. The quantitative estimate of drug-likeness (QED) is 0.596. The molecule has 0 spiro atoms. The number of hydrogen-bond donors (Lipinski definition) is 0. The van der Waals surface area contributed by atoms with Crippen LogP contribution >= 0.6 is 23.2 Å². The van der Waals surface area contributed by atoms with E-state index < -0.39 is 0 Å². The van der Waals surface area contributed by atoms with Crippen LogP contribution in [0.3, 0.4) is 0 Å². The second-order valence-electron chi connectivity index (χ2n) is 4.29. The van der Waals surface area contributed by atoms with Gasteiger partial charge in [-0.05, 0) is 25.3 Å². The van der Waals surface area contributed by atoms with E-state index in [0.29, 0.717) is 0 Å². The first kappa shape index (κ1) is 12.1. The molecule has 0 aromatic heterocycles. The summed E-state index contributed by atoms with van der Waals surface area (Å²) in [5.41, 5.74) is 1.09. The Kier molecular flexibility index (Phi) is 3.38. The average molecular weight is 233 g/mol. The van der Waals surface area contributed by atoms with Gasteiger partial charge < -0.3 is 0 Å². The van der Waals surface area contributed by atoms with Crippen LogP contribution in [0.4, 0.5) is 0 Å². The van der Waals surface area contributed by atoms with Gasteiger partial charge in [0.05, 0.1) is 4.87 Å². The molecule has 0 N–H and O–H groups in total. The lowest BCUT2D eigenvalue weighted by Crippen LogP contribution is -2.39. The van der Waals surface area contributed by atoms with Crippen LogP contribution in [0.1, 0.15) is 40.5 Å². The van der Waals surface area contributed by atoms with Crippen LogP contribution < -0.4 is 0 Å². The fraction of sp³-hybridized carbons (Fsp3) is 0.667. The van der Waals surface area contributed by atoms with Crippen molar-refractivity contribution >= 4 is 23.2 Å². The van der Waals surface area contributed by atoms with Gasteiger partial charge in [-0.25, -0.2) is 0 Å². The van der Waals surface area contributed by atoms with Crippen LogP contribution in [0.5, 0.6) is 0 Å². The molecule has 0 bridgehead atoms. The van der Waals surface area contributed by atoms with Crippen molar-refractivity contribution in [3.05, 3.63) is 22.8 Å². The van der Waals surface area contributed by atoms with Gasteiger partial charge in [0.2, 0.25) is 0 Å². The maximum Gasteiger partial charge on any atom is 0.0703 e. The highest BCUT2D eigenvalue weighted by molar-refractivity contribution is 6.33. The fourth-order valence-corrected chi connectivity index (χ4v) is 2.72. The molecule has 80 valence electrons. The molecule has 1 aliphatic rings. The summed E-state index contributed by atoms with van der Waals surface area (Å²) in [6, 6.07) is 0. The SMILES string of the molecule is CCC1=C(Cl)C(C)(CC)C(C)(Cl)C=C1. The van der Waals surface area contributed by atoms with Crippen LogP contribution in [0.25, 0.3) is 0 Å².